The minimum Gasteiger partial charge on any atom is -0.465 e. The van der Waals surface area contributed by atoms with E-state index in [9.17, 15) is 14.7 Å². The fraction of sp³-hybridized carbons (Fsp3) is 0.867. The summed E-state index contributed by atoms with van der Waals surface area (Å²) in [5.41, 5.74) is 0. The van der Waals surface area contributed by atoms with E-state index in [4.69, 9.17) is 23.7 Å². The SMILES string of the molecule is CO[C@]1(C)O[C@H]2[C@@H](O)C[C@H](COC(C)=O)C(=O)[C@@H]2O[C@@]1(C)OC. The van der Waals surface area contributed by atoms with Crippen molar-refractivity contribution in [2.45, 2.75) is 57.1 Å². The number of Topliss-reactive ketones (excluding diaryl/α,β-unsaturated/α-hetero) is 1. The molecule has 0 bridgehead atoms. The van der Waals surface area contributed by atoms with E-state index in [1.165, 1.54) is 21.1 Å². The molecule has 0 spiro atoms. The molecule has 2 aliphatic rings. The second-order valence-corrected chi connectivity index (χ2v) is 6.13. The summed E-state index contributed by atoms with van der Waals surface area (Å²) in [6.07, 6.45) is -2.72. The summed E-state index contributed by atoms with van der Waals surface area (Å²) in [5.74, 6) is -4.03. The molecule has 8 nitrogen and oxygen atoms in total. The fourth-order valence-electron chi connectivity index (χ4n) is 2.95. The van der Waals surface area contributed by atoms with Crippen LogP contribution in [0.2, 0.25) is 0 Å². The lowest BCUT2D eigenvalue weighted by molar-refractivity contribution is -0.450. The van der Waals surface area contributed by atoms with E-state index in [1.54, 1.807) is 13.8 Å². The number of aliphatic hydroxyl groups excluding tert-OH is 1. The molecule has 0 aromatic rings. The highest BCUT2D eigenvalue weighted by atomic mass is 16.8. The van der Waals surface area contributed by atoms with Crippen LogP contribution in [0.1, 0.15) is 27.2 Å². The number of fused-ring (bicyclic) bond motifs is 1. The molecular weight excluding hydrogens is 308 g/mol. The van der Waals surface area contributed by atoms with Gasteiger partial charge in [0.25, 0.3) is 0 Å². The number of hydrogen-bond acceptors (Lipinski definition) is 8. The Labute approximate surface area is 135 Å². The van der Waals surface area contributed by atoms with Crippen molar-refractivity contribution in [2.24, 2.45) is 5.92 Å². The molecule has 1 saturated heterocycles. The molecule has 1 saturated carbocycles. The van der Waals surface area contributed by atoms with Gasteiger partial charge in [0.2, 0.25) is 11.6 Å². The van der Waals surface area contributed by atoms with Gasteiger partial charge in [-0.3, -0.25) is 9.59 Å². The summed E-state index contributed by atoms with van der Waals surface area (Å²) in [7, 11) is 2.85. The molecule has 1 aliphatic carbocycles. The van der Waals surface area contributed by atoms with Gasteiger partial charge in [0.05, 0.1) is 12.0 Å². The third-order valence-corrected chi connectivity index (χ3v) is 4.69. The summed E-state index contributed by atoms with van der Waals surface area (Å²) in [5, 5.41) is 10.3. The van der Waals surface area contributed by atoms with E-state index in [0.29, 0.717) is 0 Å². The number of carbonyl (C=O) groups excluding carboxylic acids is 2. The zero-order valence-corrected chi connectivity index (χ0v) is 14.0. The highest BCUT2D eigenvalue weighted by Gasteiger charge is 2.61. The Kier molecular flexibility index (Phi) is 5.12. The first kappa shape index (κ1) is 18.3. The summed E-state index contributed by atoms with van der Waals surface area (Å²) < 4.78 is 27.3. The average molecular weight is 332 g/mol. The van der Waals surface area contributed by atoms with Crippen LogP contribution in [0.4, 0.5) is 0 Å². The molecule has 1 heterocycles. The number of esters is 1. The molecule has 132 valence electrons. The molecule has 1 N–H and O–H groups in total. The maximum Gasteiger partial charge on any atom is 0.302 e. The van der Waals surface area contributed by atoms with Crippen LogP contribution in [-0.2, 0) is 33.3 Å². The Morgan fingerprint density at radius 2 is 1.83 bits per heavy atom. The number of rotatable bonds is 4. The highest BCUT2D eigenvalue weighted by molar-refractivity contribution is 5.87. The highest BCUT2D eigenvalue weighted by Crippen LogP contribution is 2.43. The molecule has 0 aromatic carbocycles. The molecule has 0 amide bonds. The van der Waals surface area contributed by atoms with Gasteiger partial charge in [-0.15, -0.1) is 0 Å². The molecule has 0 radical (unpaired) electrons. The Hall–Kier alpha value is -1.06. The minimum atomic E-state index is -1.33. The van der Waals surface area contributed by atoms with Gasteiger partial charge in [0, 0.05) is 21.1 Å². The number of hydrogen-bond donors (Lipinski definition) is 1. The maximum absolute atomic E-state index is 12.6. The van der Waals surface area contributed by atoms with E-state index < -0.39 is 41.8 Å². The topological polar surface area (TPSA) is 101 Å². The number of ketones is 1. The van der Waals surface area contributed by atoms with Crippen molar-refractivity contribution >= 4 is 11.8 Å². The number of carbonyl (C=O) groups is 2. The lowest BCUT2D eigenvalue weighted by Gasteiger charge is -2.54. The van der Waals surface area contributed by atoms with Gasteiger partial charge in [-0.05, 0) is 20.3 Å². The first-order valence-corrected chi connectivity index (χ1v) is 7.48. The third kappa shape index (κ3) is 3.14. The van der Waals surface area contributed by atoms with Gasteiger partial charge in [-0.1, -0.05) is 0 Å². The Morgan fingerprint density at radius 3 is 2.35 bits per heavy atom. The van der Waals surface area contributed by atoms with Gasteiger partial charge in [0.1, 0.15) is 18.8 Å². The number of methoxy groups -OCH3 is 2. The Bertz CT molecular complexity index is 480. The van der Waals surface area contributed by atoms with E-state index in [2.05, 4.69) is 0 Å². The average Bonchev–Trinajstić information content (AvgIpc) is 2.51. The van der Waals surface area contributed by atoms with E-state index in [1.807, 2.05) is 0 Å². The van der Waals surface area contributed by atoms with Crippen LogP contribution >= 0.6 is 0 Å². The van der Waals surface area contributed by atoms with Gasteiger partial charge in [-0.25, -0.2) is 0 Å². The van der Waals surface area contributed by atoms with Crippen molar-refractivity contribution in [3.63, 3.8) is 0 Å². The van der Waals surface area contributed by atoms with E-state index in [0.717, 1.165) is 0 Å². The third-order valence-electron chi connectivity index (χ3n) is 4.69. The van der Waals surface area contributed by atoms with Crippen LogP contribution in [0, 0.1) is 5.92 Å². The van der Waals surface area contributed by atoms with Crippen molar-refractivity contribution in [1.82, 2.24) is 0 Å². The lowest BCUT2D eigenvalue weighted by Crippen LogP contribution is -2.70. The smallest absolute Gasteiger partial charge is 0.302 e. The first-order chi connectivity index (χ1) is 10.7. The largest absolute Gasteiger partial charge is 0.465 e. The number of ether oxygens (including phenoxy) is 5. The zero-order chi connectivity index (χ0) is 17.4. The predicted molar refractivity (Wildman–Crippen MR) is 76.3 cm³/mol. The van der Waals surface area contributed by atoms with Crippen molar-refractivity contribution < 1.29 is 38.4 Å². The van der Waals surface area contributed by atoms with Crippen LogP contribution in [0.15, 0.2) is 0 Å². The predicted octanol–water partition coefficient (Wildman–Crippen LogP) is 0.00860. The quantitative estimate of drug-likeness (QED) is 0.719. The Morgan fingerprint density at radius 1 is 1.26 bits per heavy atom. The summed E-state index contributed by atoms with van der Waals surface area (Å²) in [4.78, 5) is 23.6. The van der Waals surface area contributed by atoms with E-state index in [-0.39, 0.29) is 18.8 Å². The summed E-state index contributed by atoms with van der Waals surface area (Å²) in [6, 6.07) is 0. The van der Waals surface area contributed by atoms with Crippen molar-refractivity contribution in [1.29, 1.82) is 0 Å². The molecule has 2 fully saturated rings. The molecule has 0 unspecified atom stereocenters. The maximum atomic E-state index is 12.6. The van der Waals surface area contributed by atoms with E-state index >= 15 is 0 Å². The van der Waals surface area contributed by atoms with Gasteiger partial charge >= 0.3 is 5.97 Å². The summed E-state index contributed by atoms with van der Waals surface area (Å²) >= 11 is 0. The first-order valence-electron chi connectivity index (χ1n) is 7.48. The minimum absolute atomic E-state index is 0.0942. The molecule has 1 aliphatic heterocycles. The molecule has 0 aromatic heterocycles. The summed E-state index contributed by atoms with van der Waals surface area (Å²) in [6.45, 7) is 4.39. The Balaban J connectivity index is 2.23. The van der Waals surface area contributed by atoms with Gasteiger partial charge < -0.3 is 28.8 Å². The van der Waals surface area contributed by atoms with Gasteiger partial charge in [0.15, 0.2) is 5.78 Å². The zero-order valence-electron chi connectivity index (χ0n) is 14.0. The fourth-order valence-corrected chi connectivity index (χ4v) is 2.95. The molecular formula is C15H24O8. The van der Waals surface area contributed by atoms with Crippen LogP contribution in [0.25, 0.3) is 0 Å². The second-order valence-electron chi connectivity index (χ2n) is 6.13. The van der Waals surface area contributed by atoms with Crippen molar-refractivity contribution in [3.8, 4) is 0 Å². The molecule has 6 atom stereocenters. The van der Waals surface area contributed by atoms with Crippen molar-refractivity contribution in [2.75, 3.05) is 20.8 Å². The number of aliphatic hydroxyl groups is 1. The van der Waals surface area contributed by atoms with Crippen LogP contribution in [0.5, 0.6) is 0 Å². The molecule has 23 heavy (non-hydrogen) atoms. The lowest BCUT2D eigenvalue weighted by atomic mass is 9.81. The standard InChI is InChI=1S/C15H24O8/c1-8(16)21-7-9-6-10(17)12-13(11(9)18)23-15(3,20-5)14(2,19-4)22-12/h9-10,12-13,17H,6-7H2,1-5H3/t9-,10+,12+,13+,14-,15-/m1/s1. The van der Waals surface area contributed by atoms with Crippen LogP contribution in [-0.4, -0.2) is 67.6 Å². The molecule has 2 rings (SSSR count). The normalized spacial score (nSPS) is 43.8. The van der Waals surface area contributed by atoms with Gasteiger partial charge in [-0.2, -0.15) is 0 Å². The van der Waals surface area contributed by atoms with Crippen molar-refractivity contribution in [3.05, 3.63) is 0 Å². The monoisotopic (exact) mass is 332 g/mol. The van der Waals surface area contributed by atoms with Crippen LogP contribution < -0.4 is 0 Å². The second kappa shape index (κ2) is 6.45. The molecule has 8 heteroatoms. The van der Waals surface area contributed by atoms with Crippen LogP contribution in [0.3, 0.4) is 0 Å².